The molecule has 0 heterocycles. The van der Waals surface area contributed by atoms with Crippen LogP contribution in [0.3, 0.4) is 0 Å². The van der Waals surface area contributed by atoms with Gasteiger partial charge in [-0.1, -0.05) is 12.1 Å². The lowest BCUT2D eigenvalue weighted by molar-refractivity contribution is -0.137. The van der Waals surface area contributed by atoms with Crippen molar-refractivity contribution in [3.8, 4) is 0 Å². The largest absolute Gasteiger partial charge is 0.481 e. The Kier molecular flexibility index (Phi) is 5.89. The van der Waals surface area contributed by atoms with Crippen LogP contribution in [-0.4, -0.2) is 17.1 Å². The van der Waals surface area contributed by atoms with Gasteiger partial charge in [0.05, 0.1) is 6.42 Å². The zero-order valence-corrected chi connectivity index (χ0v) is 8.84. The summed E-state index contributed by atoms with van der Waals surface area (Å²) in [5.74, 6) is -1.26. The van der Waals surface area contributed by atoms with E-state index in [1.165, 1.54) is 12.1 Å². The van der Waals surface area contributed by atoms with Gasteiger partial charge in [0.15, 0.2) is 0 Å². The first-order chi connectivity index (χ1) is 6.58. The van der Waals surface area contributed by atoms with Gasteiger partial charge in [-0.25, -0.2) is 4.39 Å². The van der Waals surface area contributed by atoms with Crippen LogP contribution in [0.5, 0.6) is 0 Å². The molecule has 0 radical (unpaired) electrons. The van der Waals surface area contributed by atoms with E-state index < -0.39 is 12.0 Å². The Balaban J connectivity index is 0.00000196. The standard InChI is InChI=1S/C10H12FNO2.ClH/c11-8-3-1-2-7(4-8)5-9(12)6-10(13)14;/h1-4,9H,5-6,12H2,(H,13,14);1H/t9-;/m0./s1. The van der Waals surface area contributed by atoms with Gasteiger partial charge in [0.2, 0.25) is 0 Å². The van der Waals surface area contributed by atoms with Crippen LogP contribution in [0.2, 0.25) is 0 Å². The highest BCUT2D eigenvalue weighted by Crippen LogP contribution is 2.06. The highest BCUT2D eigenvalue weighted by Gasteiger charge is 2.08. The topological polar surface area (TPSA) is 63.3 Å². The first-order valence-electron chi connectivity index (χ1n) is 4.30. The van der Waals surface area contributed by atoms with Gasteiger partial charge < -0.3 is 10.8 Å². The van der Waals surface area contributed by atoms with Gasteiger partial charge in [-0.2, -0.15) is 0 Å². The molecule has 0 bridgehead atoms. The maximum Gasteiger partial charge on any atom is 0.304 e. The van der Waals surface area contributed by atoms with Gasteiger partial charge >= 0.3 is 5.97 Å². The third-order valence-corrected chi connectivity index (χ3v) is 1.82. The maximum absolute atomic E-state index is 12.7. The molecular weight excluding hydrogens is 221 g/mol. The second kappa shape index (κ2) is 6.37. The number of aliphatic carboxylic acids is 1. The van der Waals surface area contributed by atoms with Crippen molar-refractivity contribution in [3.05, 3.63) is 35.6 Å². The average Bonchev–Trinajstić information content (AvgIpc) is 2.01. The summed E-state index contributed by atoms with van der Waals surface area (Å²) in [6.45, 7) is 0. The van der Waals surface area contributed by atoms with Crippen molar-refractivity contribution in [2.75, 3.05) is 0 Å². The normalized spacial score (nSPS) is 11.6. The Morgan fingerprint density at radius 3 is 2.73 bits per heavy atom. The number of carboxylic acid groups (broad SMARTS) is 1. The Hall–Kier alpha value is -1.13. The predicted molar refractivity (Wildman–Crippen MR) is 57.6 cm³/mol. The quantitative estimate of drug-likeness (QED) is 0.830. The van der Waals surface area contributed by atoms with Gasteiger partial charge in [0.1, 0.15) is 5.82 Å². The fourth-order valence-electron chi connectivity index (χ4n) is 1.26. The SMILES string of the molecule is Cl.N[C@H](CC(=O)O)Cc1cccc(F)c1. The fourth-order valence-corrected chi connectivity index (χ4v) is 1.26. The summed E-state index contributed by atoms with van der Waals surface area (Å²) in [7, 11) is 0. The van der Waals surface area contributed by atoms with Crippen molar-refractivity contribution in [2.24, 2.45) is 5.73 Å². The molecule has 0 aliphatic carbocycles. The predicted octanol–water partition coefficient (Wildman–Crippen LogP) is 1.59. The Morgan fingerprint density at radius 1 is 1.53 bits per heavy atom. The summed E-state index contributed by atoms with van der Waals surface area (Å²) in [6, 6.07) is 5.55. The number of hydrogen-bond donors (Lipinski definition) is 2. The van der Waals surface area contributed by atoms with Crippen LogP contribution >= 0.6 is 12.4 Å². The molecule has 0 fully saturated rings. The molecule has 1 atom stereocenters. The monoisotopic (exact) mass is 233 g/mol. The molecule has 3 nitrogen and oxygen atoms in total. The van der Waals surface area contributed by atoms with Crippen LogP contribution in [0, 0.1) is 5.82 Å². The lowest BCUT2D eigenvalue weighted by atomic mass is 10.0. The summed E-state index contributed by atoms with van der Waals surface area (Å²) < 4.78 is 12.7. The number of rotatable bonds is 4. The summed E-state index contributed by atoms with van der Waals surface area (Å²) in [5.41, 5.74) is 6.27. The Morgan fingerprint density at radius 2 is 2.20 bits per heavy atom. The minimum absolute atomic E-state index is 0. The molecule has 1 rings (SSSR count). The lowest BCUT2D eigenvalue weighted by Crippen LogP contribution is -2.26. The Bertz CT molecular complexity index is 333. The van der Waals surface area contributed by atoms with E-state index in [-0.39, 0.29) is 24.6 Å². The third kappa shape index (κ3) is 5.34. The second-order valence-corrected chi connectivity index (χ2v) is 3.19. The van der Waals surface area contributed by atoms with Gasteiger partial charge in [0, 0.05) is 6.04 Å². The van der Waals surface area contributed by atoms with E-state index in [0.717, 1.165) is 5.56 Å². The Labute approximate surface area is 93.5 Å². The van der Waals surface area contributed by atoms with Crippen LogP contribution in [0.1, 0.15) is 12.0 Å². The average molecular weight is 234 g/mol. The molecule has 0 aliphatic rings. The molecule has 0 unspecified atom stereocenters. The molecule has 0 spiro atoms. The molecule has 0 amide bonds. The highest BCUT2D eigenvalue weighted by atomic mass is 35.5. The molecule has 0 saturated carbocycles. The van der Waals surface area contributed by atoms with Crippen molar-refractivity contribution in [1.82, 2.24) is 0 Å². The van der Waals surface area contributed by atoms with E-state index in [2.05, 4.69) is 0 Å². The van der Waals surface area contributed by atoms with E-state index in [9.17, 15) is 9.18 Å². The van der Waals surface area contributed by atoms with E-state index in [1.54, 1.807) is 12.1 Å². The molecule has 0 aromatic heterocycles. The van der Waals surface area contributed by atoms with Crippen molar-refractivity contribution in [3.63, 3.8) is 0 Å². The summed E-state index contributed by atoms with van der Waals surface area (Å²) >= 11 is 0. The van der Waals surface area contributed by atoms with Gasteiger partial charge in [-0.05, 0) is 24.1 Å². The lowest BCUT2D eigenvalue weighted by Gasteiger charge is -2.08. The number of benzene rings is 1. The highest BCUT2D eigenvalue weighted by molar-refractivity contribution is 5.85. The first-order valence-corrected chi connectivity index (χ1v) is 4.30. The first kappa shape index (κ1) is 13.9. The van der Waals surface area contributed by atoms with Gasteiger partial charge in [-0.15, -0.1) is 12.4 Å². The maximum atomic E-state index is 12.7. The second-order valence-electron chi connectivity index (χ2n) is 3.19. The molecule has 0 aliphatic heterocycles. The summed E-state index contributed by atoms with van der Waals surface area (Å²) in [5, 5.41) is 8.46. The molecule has 3 N–H and O–H groups in total. The van der Waals surface area contributed by atoms with Crippen LogP contribution in [0.4, 0.5) is 4.39 Å². The zero-order valence-electron chi connectivity index (χ0n) is 8.02. The number of hydrogen-bond acceptors (Lipinski definition) is 2. The molecule has 1 aromatic rings. The number of carboxylic acids is 1. The molecule has 84 valence electrons. The van der Waals surface area contributed by atoms with Crippen molar-refractivity contribution in [2.45, 2.75) is 18.9 Å². The van der Waals surface area contributed by atoms with Crippen molar-refractivity contribution >= 4 is 18.4 Å². The van der Waals surface area contributed by atoms with E-state index >= 15 is 0 Å². The van der Waals surface area contributed by atoms with E-state index in [1.807, 2.05) is 0 Å². The molecule has 5 heteroatoms. The van der Waals surface area contributed by atoms with Crippen LogP contribution in [0.15, 0.2) is 24.3 Å². The molecular formula is C10H13ClFNO2. The van der Waals surface area contributed by atoms with Gasteiger partial charge in [0.25, 0.3) is 0 Å². The van der Waals surface area contributed by atoms with Crippen LogP contribution < -0.4 is 5.73 Å². The smallest absolute Gasteiger partial charge is 0.304 e. The summed E-state index contributed by atoms with van der Waals surface area (Å²) in [4.78, 5) is 10.3. The van der Waals surface area contributed by atoms with Gasteiger partial charge in [-0.3, -0.25) is 4.79 Å². The number of nitrogens with two attached hydrogens (primary N) is 1. The summed E-state index contributed by atoms with van der Waals surface area (Å²) in [6.07, 6.45) is 0.278. The molecule has 1 aromatic carbocycles. The van der Waals surface area contributed by atoms with Crippen molar-refractivity contribution in [1.29, 1.82) is 0 Å². The van der Waals surface area contributed by atoms with E-state index in [0.29, 0.717) is 6.42 Å². The van der Waals surface area contributed by atoms with E-state index in [4.69, 9.17) is 10.8 Å². The molecule has 0 saturated heterocycles. The minimum atomic E-state index is -0.936. The zero-order chi connectivity index (χ0) is 10.6. The van der Waals surface area contributed by atoms with Crippen LogP contribution in [0.25, 0.3) is 0 Å². The fraction of sp³-hybridized carbons (Fsp3) is 0.300. The minimum Gasteiger partial charge on any atom is -0.481 e. The number of carbonyl (C=O) groups is 1. The number of halogens is 2. The van der Waals surface area contributed by atoms with Crippen molar-refractivity contribution < 1.29 is 14.3 Å². The molecule has 15 heavy (non-hydrogen) atoms. The van der Waals surface area contributed by atoms with Crippen LogP contribution in [-0.2, 0) is 11.2 Å². The third-order valence-electron chi connectivity index (χ3n) is 1.82.